The number of nitrogens with one attached hydrogen (secondary N) is 3. The summed E-state index contributed by atoms with van der Waals surface area (Å²) < 4.78 is 12.4. The molecule has 0 unspecified atom stereocenters. The first-order chi connectivity index (χ1) is 18.9. The van der Waals surface area contributed by atoms with E-state index in [1.807, 2.05) is 12.1 Å². The maximum atomic E-state index is 12.8. The number of anilines is 1. The van der Waals surface area contributed by atoms with Crippen molar-refractivity contribution < 1.29 is 24.2 Å². The Hall–Kier alpha value is -3.19. The fourth-order valence-corrected chi connectivity index (χ4v) is 6.02. The van der Waals surface area contributed by atoms with E-state index in [9.17, 15) is 14.7 Å². The van der Waals surface area contributed by atoms with Gasteiger partial charge in [0, 0.05) is 55.5 Å². The first-order valence-corrected chi connectivity index (χ1v) is 14.1. The number of benzene rings is 1. The zero-order chi connectivity index (χ0) is 27.4. The minimum atomic E-state index is -0.413. The van der Waals surface area contributed by atoms with E-state index in [4.69, 9.17) is 9.47 Å². The monoisotopic (exact) mass is 554 g/mol. The summed E-state index contributed by atoms with van der Waals surface area (Å²) in [7, 11) is 1.61. The van der Waals surface area contributed by atoms with E-state index in [2.05, 4.69) is 30.9 Å². The van der Waals surface area contributed by atoms with Crippen LogP contribution in [0.25, 0.3) is 21.3 Å². The summed E-state index contributed by atoms with van der Waals surface area (Å²) in [6.07, 6.45) is 7.02. The molecule has 0 saturated heterocycles. The first kappa shape index (κ1) is 27.4. The van der Waals surface area contributed by atoms with Crippen LogP contribution in [-0.4, -0.2) is 70.3 Å². The lowest BCUT2D eigenvalue weighted by Crippen LogP contribution is -2.47. The third-order valence-electron chi connectivity index (χ3n) is 7.25. The van der Waals surface area contributed by atoms with E-state index in [1.165, 1.54) is 18.3 Å². The molecule has 0 spiro atoms. The van der Waals surface area contributed by atoms with E-state index >= 15 is 0 Å². The van der Waals surface area contributed by atoms with Crippen molar-refractivity contribution in [3.63, 3.8) is 0 Å². The molecular formula is C27H34N6O5S. The van der Waals surface area contributed by atoms with Crippen molar-refractivity contribution in [1.29, 1.82) is 0 Å². The van der Waals surface area contributed by atoms with E-state index < -0.39 is 6.10 Å². The summed E-state index contributed by atoms with van der Waals surface area (Å²) in [5.41, 5.74) is 2.37. The van der Waals surface area contributed by atoms with Crippen LogP contribution in [0.15, 0.2) is 24.5 Å². The van der Waals surface area contributed by atoms with Gasteiger partial charge < -0.3 is 30.5 Å². The number of methoxy groups -OCH3 is 1. The molecule has 4 N–H and O–H groups in total. The lowest BCUT2D eigenvalue weighted by Gasteiger charge is -2.34. The number of carbonyl (C=O) groups excluding carboxylic acids is 2. The lowest BCUT2D eigenvalue weighted by atomic mass is 9.79. The van der Waals surface area contributed by atoms with Gasteiger partial charge in [0.15, 0.2) is 11.0 Å². The Kier molecular flexibility index (Phi) is 8.66. The Bertz CT molecular complexity index is 1310. The van der Waals surface area contributed by atoms with Crippen molar-refractivity contribution in [3.05, 3.63) is 30.4 Å². The van der Waals surface area contributed by atoms with E-state index in [1.54, 1.807) is 19.5 Å². The first-order valence-electron chi connectivity index (χ1n) is 13.3. The van der Waals surface area contributed by atoms with Gasteiger partial charge in [-0.15, -0.1) is 0 Å². The molecule has 5 rings (SSSR count). The van der Waals surface area contributed by atoms with Gasteiger partial charge in [0.2, 0.25) is 11.8 Å². The lowest BCUT2D eigenvalue weighted by molar-refractivity contribution is -0.123. The minimum Gasteiger partial charge on any atom is -0.495 e. The second-order valence-corrected chi connectivity index (χ2v) is 11.0. The molecule has 2 amide bonds. The number of amides is 2. The number of rotatable bonds is 11. The van der Waals surface area contributed by atoms with Crippen molar-refractivity contribution in [2.75, 3.05) is 25.5 Å². The standard InChI is InChI=1S/C27H34N6O5S/c1-15(34)28-8-9-29-18-10-16(11-18)26(36)33-27-32-20-7-6-19(24(37-2)25(20)39-27)17-12-30-23(31-13-17)14-38-22-5-3-4-21(22)35/h6-7,12-13,16,18,21-22,29,35H,3-5,8-11,14H2,1-2H3,(H,28,34)(H,32,33,36)/t16-,18+,21-,22-/m0/s1. The normalized spacial score (nSPS) is 22.4. The number of fused-ring (bicyclic) bond motifs is 1. The Balaban J connectivity index is 1.19. The number of hydrogen-bond acceptors (Lipinski definition) is 10. The van der Waals surface area contributed by atoms with Crippen LogP contribution in [0.3, 0.4) is 0 Å². The van der Waals surface area contributed by atoms with Crippen LogP contribution in [0.5, 0.6) is 5.75 Å². The molecule has 2 saturated carbocycles. The maximum absolute atomic E-state index is 12.8. The predicted octanol–water partition coefficient (Wildman–Crippen LogP) is 2.63. The molecular weight excluding hydrogens is 520 g/mol. The average molecular weight is 555 g/mol. The molecule has 2 aliphatic carbocycles. The van der Waals surface area contributed by atoms with Gasteiger partial charge in [-0.25, -0.2) is 15.0 Å². The maximum Gasteiger partial charge on any atom is 0.229 e. The molecule has 0 bridgehead atoms. The van der Waals surface area contributed by atoms with Crippen molar-refractivity contribution in [2.24, 2.45) is 5.92 Å². The van der Waals surface area contributed by atoms with Gasteiger partial charge in [0.1, 0.15) is 12.4 Å². The minimum absolute atomic E-state index is 0.0375. The van der Waals surface area contributed by atoms with Crippen molar-refractivity contribution in [3.8, 4) is 16.9 Å². The highest BCUT2D eigenvalue weighted by molar-refractivity contribution is 7.22. The van der Waals surface area contributed by atoms with Crippen LogP contribution in [0.4, 0.5) is 5.13 Å². The molecule has 39 heavy (non-hydrogen) atoms. The molecule has 2 atom stereocenters. The van der Waals surface area contributed by atoms with E-state index in [-0.39, 0.29) is 36.5 Å². The van der Waals surface area contributed by atoms with Crippen molar-refractivity contribution in [2.45, 2.75) is 63.9 Å². The molecule has 208 valence electrons. The molecule has 2 aromatic heterocycles. The predicted molar refractivity (Wildman–Crippen MR) is 147 cm³/mol. The van der Waals surface area contributed by atoms with Gasteiger partial charge in [-0.05, 0) is 44.2 Å². The quantitative estimate of drug-likeness (QED) is 0.263. The van der Waals surface area contributed by atoms with Crippen LogP contribution in [-0.2, 0) is 20.9 Å². The van der Waals surface area contributed by atoms with Gasteiger partial charge in [0.25, 0.3) is 0 Å². The molecule has 11 nitrogen and oxygen atoms in total. The number of aliphatic hydroxyl groups excluding tert-OH is 1. The molecule has 12 heteroatoms. The van der Waals surface area contributed by atoms with E-state index in [0.29, 0.717) is 29.8 Å². The SMILES string of the molecule is COc1c(-c2cnc(CO[C@H]3CCC[C@@H]3O)nc2)ccc2nc(NC(=O)[C@H]3C[C@@H](NCCNC(C)=O)C3)sc12. The van der Waals surface area contributed by atoms with Crippen LogP contribution in [0, 0.1) is 5.92 Å². The number of aliphatic hydroxyl groups is 1. The molecule has 1 aromatic carbocycles. The summed E-state index contributed by atoms with van der Waals surface area (Å²) in [5.74, 6) is 1.06. The van der Waals surface area contributed by atoms with E-state index in [0.717, 1.165) is 53.4 Å². The number of aromatic nitrogens is 3. The molecule has 2 heterocycles. The molecule has 0 aliphatic heterocycles. The molecule has 0 radical (unpaired) electrons. The highest BCUT2D eigenvalue weighted by atomic mass is 32.1. The Morgan fingerprint density at radius 1 is 1.15 bits per heavy atom. The van der Waals surface area contributed by atoms with Gasteiger partial charge in [-0.1, -0.05) is 11.3 Å². The number of nitrogens with zero attached hydrogens (tertiary/aromatic N) is 3. The van der Waals surface area contributed by atoms with Crippen molar-refractivity contribution in [1.82, 2.24) is 25.6 Å². The van der Waals surface area contributed by atoms with Crippen LogP contribution < -0.4 is 20.7 Å². The molecule has 3 aromatic rings. The highest BCUT2D eigenvalue weighted by Crippen LogP contribution is 2.41. The molecule has 2 fully saturated rings. The second-order valence-electron chi connectivity index (χ2n) is 10.0. The number of ether oxygens (including phenoxy) is 2. The summed E-state index contributed by atoms with van der Waals surface area (Å²) in [4.78, 5) is 37.2. The fourth-order valence-electron chi connectivity index (χ4n) is 5.02. The van der Waals surface area contributed by atoms with Gasteiger partial charge in [0.05, 0.1) is 29.5 Å². The van der Waals surface area contributed by atoms with Crippen LogP contribution in [0.2, 0.25) is 0 Å². The summed E-state index contributed by atoms with van der Waals surface area (Å²) in [6.45, 7) is 3.01. The Morgan fingerprint density at radius 2 is 1.95 bits per heavy atom. The number of thiazole rings is 1. The third-order valence-corrected chi connectivity index (χ3v) is 8.23. The van der Waals surface area contributed by atoms with Crippen LogP contribution >= 0.6 is 11.3 Å². The van der Waals surface area contributed by atoms with Crippen LogP contribution in [0.1, 0.15) is 44.9 Å². The van der Waals surface area contributed by atoms with Crippen molar-refractivity contribution >= 4 is 38.5 Å². The summed E-state index contributed by atoms with van der Waals surface area (Å²) >= 11 is 1.38. The van der Waals surface area contributed by atoms with Gasteiger partial charge in [-0.2, -0.15) is 0 Å². The third kappa shape index (κ3) is 6.52. The largest absolute Gasteiger partial charge is 0.495 e. The molecule has 2 aliphatic rings. The fraction of sp³-hybridized carbons (Fsp3) is 0.519. The Morgan fingerprint density at radius 3 is 2.64 bits per heavy atom. The topological polar surface area (TPSA) is 148 Å². The second kappa shape index (κ2) is 12.3. The average Bonchev–Trinajstić information content (AvgIpc) is 3.50. The summed E-state index contributed by atoms with van der Waals surface area (Å²) in [6, 6.07) is 4.09. The number of carbonyl (C=O) groups is 2. The van der Waals surface area contributed by atoms with Gasteiger partial charge >= 0.3 is 0 Å². The highest BCUT2D eigenvalue weighted by Gasteiger charge is 2.34. The van der Waals surface area contributed by atoms with Gasteiger partial charge in [-0.3, -0.25) is 9.59 Å². The zero-order valence-electron chi connectivity index (χ0n) is 22.1. The zero-order valence-corrected chi connectivity index (χ0v) is 22.9. The summed E-state index contributed by atoms with van der Waals surface area (Å²) in [5, 5.41) is 19.5. The Labute approximate surface area is 230 Å². The smallest absolute Gasteiger partial charge is 0.229 e. The number of hydrogen-bond donors (Lipinski definition) is 4.